The zero-order valence-corrected chi connectivity index (χ0v) is 64.4. The summed E-state index contributed by atoms with van der Waals surface area (Å²) in [5.41, 5.74) is -31.0. The van der Waals surface area contributed by atoms with Crippen molar-refractivity contribution in [2.24, 2.45) is 0 Å². The topological polar surface area (TPSA) is 0 Å². The summed E-state index contributed by atoms with van der Waals surface area (Å²) in [5.74, 6) is -208. The molecule has 720 valence electrons. The Kier molecular flexibility index (Phi) is 24.4. The van der Waals surface area contributed by atoms with Crippen molar-refractivity contribution in [2.75, 3.05) is 0 Å². The van der Waals surface area contributed by atoms with E-state index in [0.717, 1.165) is 0 Å². The molecule has 0 unspecified atom stereocenters. The van der Waals surface area contributed by atoms with E-state index < -0.39 is 468 Å². The minimum Gasteiger partial charge on any atom is -0.207 e. The maximum atomic E-state index is 17.3. The molecule has 0 aliphatic heterocycles. The van der Waals surface area contributed by atoms with Gasteiger partial charge in [-0.1, -0.05) is 0 Å². The Morgan fingerprint density at radius 1 is 0.0647 bits per heavy atom. The van der Waals surface area contributed by atoms with Crippen LogP contribution in [0.3, 0.4) is 0 Å². The van der Waals surface area contributed by atoms with E-state index in [2.05, 4.69) is 0 Å². The minimum atomic E-state index is -8.05. The molecule has 0 saturated carbocycles. The molecule has 0 radical (unpaired) electrons. The Morgan fingerprint density at radius 3 is 0.180 bits per heavy atom. The van der Waals surface area contributed by atoms with Gasteiger partial charge in [-0.2, -0.15) is 0 Å². The zero-order chi connectivity index (χ0) is 103. The summed E-state index contributed by atoms with van der Waals surface area (Å²) in [6, 6.07) is 0. The van der Waals surface area contributed by atoms with E-state index in [1.54, 1.807) is 0 Å². The fraction of sp³-hybridized carbons (Fsp3) is 0. The SMILES string of the molecule is Fc1c(F)c(F)c2c([B-](c3c(F)c(F)c(F)c4c(F)c(F)c(F)c(F)c34)(c3c(F)c(F)c(F)c4c(F)c(F)c(F)c(F)c34)c3c(F)c(F)c(F)c4c(F)c(F)c(F)c(F)c34)c(F)c(F)c(F)c2c1F.Fc1c(F)c(F)c2c([B-](c3c(F)c(F)c(F)c4c(F)c(F)c(F)c(F)c34)(c3c(F)c(F)c(F)c4c(F)c(F)c(F)c(F)c34)c3c(F)c(F)c(F)c4c(F)c(F)c(F)c(F)c34)c(F)c(F)c(F)c2c1F.[Mg+2]. The molecule has 0 bridgehead atoms. The average molecular weight is 2070 g/mol. The van der Waals surface area contributed by atoms with Gasteiger partial charge < -0.3 is 0 Å². The Bertz CT molecular complexity index is 6990. The number of hydrogen-bond donors (Lipinski definition) is 0. The van der Waals surface area contributed by atoms with Crippen LogP contribution in [0.5, 0.6) is 0 Å². The second-order valence-electron chi connectivity index (χ2n) is 28.6. The maximum Gasteiger partial charge on any atom is 2.00 e. The molecule has 59 heteroatoms. The standard InChI is InChI=1S/2C40BF28.Mg/c2*42-13-1-5(21(50)37(66)33(13)62)17(46)29(58)25(54)9(1)41(10-2-6(18(47)30(59)26(10)55)22(51)38(67)34(63)14(2)43,11-3-7(19(48)31(60)27(11)56)23(52)39(68)35(64)15(3)44)12-4-8(20(49)32(61)28(12)57)24(53)40(69)36(65)16(4)45;/q2*-1;+2. The molecule has 16 aromatic carbocycles. The van der Waals surface area contributed by atoms with Crippen molar-refractivity contribution in [2.45, 2.75) is 0 Å². The van der Waals surface area contributed by atoms with Gasteiger partial charge in [0, 0.05) is 0 Å². The number of hydrogen-bond acceptors (Lipinski definition) is 0. The van der Waals surface area contributed by atoms with Crippen molar-refractivity contribution in [3.05, 3.63) is 326 Å². The van der Waals surface area contributed by atoms with E-state index in [4.69, 9.17) is 0 Å². The molecule has 0 nitrogen and oxygen atoms in total. The van der Waals surface area contributed by atoms with Gasteiger partial charge in [-0.3, -0.25) is 0 Å². The number of benzene rings is 16. The van der Waals surface area contributed by atoms with Crippen LogP contribution in [-0.4, -0.2) is 35.3 Å². The van der Waals surface area contributed by atoms with Gasteiger partial charge in [0.1, 0.15) is 58.8 Å². The predicted molar refractivity (Wildman–Crippen MR) is 364 cm³/mol. The first-order valence-corrected chi connectivity index (χ1v) is 34.9. The molecule has 0 amide bonds. The van der Waals surface area contributed by atoms with E-state index in [1.165, 1.54) is 0 Å². The predicted octanol–water partition coefficient (Wildman–Crippen LogP) is 22.8. The van der Waals surface area contributed by atoms with Gasteiger partial charge in [0.2, 0.25) is 0 Å². The third kappa shape index (κ3) is 12.5. The summed E-state index contributed by atoms with van der Waals surface area (Å²) in [6.07, 6.45) is -16.1. The van der Waals surface area contributed by atoms with Gasteiger partial charge in [0.05, 0.1) is 43.1 Å². The maximum absolute atomic E-state index is 17.3. The molecule has 0 atom stereocenters. The summed E-state index contributed by atoms with van der Waals surface area (Å²) in [4.78, 5) is 0. The minimum absolute atomic E-state index is 0. The Morgan fingerprint density at radius 2 is 0.115 bits per heavy atom. The van der Waals surface area contributed by atoms with Crippen molar-refractivity contribution in [1.29, 1.82) is 0 Å². The van der Waals surface area contributed by atoms with Crippen LogP contribution in [0.4, 0.5) is 246 Å². The van der Waals surface area contributed by atoms with Crippen LogP contribution >= 0.6 is 0 Å². The van der Waals surface area contributed by atoms with Gasteiger partial charge in [0.15, 0.2) is 279 Å². The molecule has 0 heterocycles. The molecule has 139 heavy (non-hydrogen) atoms. The Hall–Kier alpha value is -13.4. The largest absolute Gasteiger partial charge is 2.00 e. The second-order valence-corrected chi connectivity index (χ2v) is 28.6. The van der Waals surface area contributed by atoms with Crippen molar-refractivity contribution < 1.29 is 246 Å². The van der Waals surface area contributed by atoms with E-state index in [-0.39, 0.29) is 23.1 Å². The first-order valence-electron chi connectivity index (χ1n) is 34.9. The molecular weight excluding hydrogens is 2070 g/mol. The smallest absolute Gasteiger partial charge is 0.207 e. The van der Waals surface area contributed by atoms with Crippen LogP contribution in [0.15, 0.2) is 0 Å². The fourth-order valence-corrected chi connectivity index (χ4v) is 17.2. The van der Waals surface area contributed by atoms with Gasteiger partial charge in [0.25, 0.3) is 0 Å². The van der Waals surface area contributed by atoms with Crippen LogP contribution < -0.4 is 43.7 Å². The van der Waals surface area contributed by atoms with E-state index >= 15 is 211 Å². The number of halogens is 56. The third-order valence-electron chi connectivity index (χ3n) is 22.5. The molecular formula is C80B2F56Mg. The molecule has 0 aliphatic rings. The third-order valence-corrected chi connectivity index (χ3v) is 22.5. The van der Waals surface area contributed by atoms with Crippen LogP contribution in [0.1, 0.15) is 0 Å². The summed E-state index contributed by atoms with van der Waals surface area (Å²) >= 11 is 0. The van der Waals surface area contributed by atoms with E-state index in [9.17, 15) is 35.1 Å². The second kappa shape index (κ2) is 33.4. The quantitative estimate of drug-likeness (QED) is 0.0616. The number of rotatable bonds is 8. The summed E-state index contributed by atoms with van der Waals surface area (Å²) in [5, 5.41) is -54.0. The molecule has 0 spiro atoms. The van der Waals surface area contributed by atoms with Crippen LogP contribution in [-0.2, 0) is 0 Å². The van der Waals surface area contributed by atoms with Crippen LogP contribution in [0.25, 0.3) is 86.2 Å². The van der Waals surface area contributed by atoms with Gasteiger partial charge in [-0.25, -0.2) is 246 Å². The Labute approximate surface area is 734 Å². The van der Waals surface area contributed by atoms with Crippen molar-refractivity contribution >= 4 is 165 Å². The first-order chi connectivity index (χ1) is 64.0. The first kappa shape index (κ1) is 101. The summed E-state index contributed by atoms with van der Waals surface area (Å²) in [7, 11) is 0. The van der Waals surface area contributed by atoms with Gasteiger partial charge in [-0.15, -0.1) is 43.7 Å². The van der Waals surface area contributed by atoms with Gasteiger partial charge >= 0.3 is 23.1 Å². The Balaban J connectivity index is 0.000000220. The van der Waals surface area contributed by atoms with Gasteiger partial charge in [-0.05, 0) is 43.1 Å². The number of fused-ring (bicyclic) bond motifs is 8. The molecule has 16 aromatic rings. The molecule has 0 fully saturated rings. The van der Waals surface area contributed by atoms with Crippen LogP contribution in [0.2, 0.25) is 0 Å². The normalized spacial score (nSPS) is 12.3. The van der Waals surface area contributed by atoms with Crippen LogP contribution in [0, 0.1) is 326 Å². The van der Waals surface area contributed by atoms with Crippen molar-refractivity contribution in [1.82, 2.24) is 0 Å². The van der Waals surface area contributed by atoms with E-state index in [1.807, 2.05) is 0 Å². The summed E-state index contributed by atoms with van der Waals surface area (Å²) in [6.45, 7) is 0. The average Bonchev–Trinajstić information content (AvgIpc) is 0.662. The molecule has 0 saturated heterocycles. The molecule has 0 N–H and O–H groups in total. The van der Waals surface area contributed by atoms with E-state index in [0.29, 0.717) is 0 Å². The van der Waals surface area contributed by atoms with Crippen molar-refractivity contribution in [3.63, 3.8) is 0 Å². The summed E-state index contributed by atoms with van der Waals surface area (Å²) < 4.78 is 893. The monoisotopic (exact) mass is 2070 g/mol. The molecule has 0 aromatic heterocycles. The fourth-order valence-electron chi connectivity index (χ4n) is 17.2. The molecule has 0 aliphatic carbocycles. The molecule has 16 rings (SSSR count). The van der Waals surface area contributed by atoms with Crippen molar-refractivity contribution in [3.8, 4) is 0 Å². The zero-order valence-electron chi connectivity index (χ0n) is 63.0.